The number of nitrogens with one attached hydrogen (secondary N) is 1. The van der Waals surface area contributed by atoms with E-state index in [0.717, 1.165) is 18.4 Å². The lowest BCUT2D eigenvalue weighted by molar-refractivity contribution is 0.00949. The number of likely N-dealkylation sites (N-methyl/N-ethyl adjacent to an activating group) is 1. The third kappa shape index (κ3) is 4.31. The molecule has 0 spiro atoms. The van der Waals surface area contributed by atoms with E-state index in [2.05, 4.69) is 56.5 Å². The maximum Gasteiger partial charge on any atom is 0.0980 e. The minimum Gasteiger partial charge on any atom is -0.372 e. The lowest BCUT2D eigenvalue weighted by Crippen LogP contribution is -2.41. The zero-order valence-electron chi connectivity index (χ0n) is 13.8. The minimum absolute atomic E-state index is 0.171. The van der Waals surface area contributed by atoms with E-state index in [1.54, 1.807) is 0 Å². The molecular formula is C19H31NO. The third-order valence-corrected chi connectivity index (χ3v) is 5.11. The Hall–Kier alpha value is -0.860. The Labute approximate surface area is 130 Å². The van der Waals surface area contributed by atoms with Crippen LogP contribution in [0.3, 0.4) is 0 Å². The van der Waals surface area contributed by atoms with Crippen LogP contribution in [0.2, 0.25) is 0 Å². The number of benzene rings is 1. The molecule has 2 heteroatoms. The molecule has 1 aromatic carbocycles. The Morgan fingerprint density at radius 1 is 1.10 bits per heavy atom. The van der Waals surface area contributed by atoms with Gasteiger partial charge in [-0.2, -0.15) is 0 Å². The van der Waals surface area contributed by atoms with Crippen molar-refractivity contribution in [1.29, 1.82) is 0 Å². The maximum atomic E-state index is 6.12. The van der Waals surface area contributed by atoms with Crippen molar-refractivity contribution in [1.82, 2.24) is 5.32 Å². The summed E-state index contributed by atoms with van der Waals surface area (Å²) in [5, 5.41) is 3.56. The summed E-state index contributed by atoms with van der Waals surface area (Å²) in [5.74, 6) is 1.68. The van der Waals surface area contributed by atoms with E-state index >= 15 is 0 Å². The van der Waals surface area contributed by atoms with Crippen LogP contribution in [0, 0.1) is 11.8 Å². The van der Waals surface area contributed by atoms with Gasteiger partial charge in [0.2, 0.25) is 0 Å². The van der Waals surface area contributed by atoms with Crippen molar-refractivity contribution in [2.75, 3.05) is 13.7 Å². The molecule has 0 bridgehead atoms. The first-order valence-electron chi connectivity index (χ1n) is 8.63. The van der Waals surface area contributed by atoms with Crippen LogP contribution in [-0.2, 0) is 4.74 Å². The third-order valence-electron chi connectivity index (χ3n) is 5.11. The van der Waals surface area contributed by atoms with Gasteiger partial charge < -0.3 is 10.1 Å². The number of ether oxygens (including phenoxy) is 1. The molecule has 2 unspecified atom stereocenters. The van der Waals surface area contributed by atoms with Crippen LogP contribution < -0.4 is 5.32 Å². The van der Waals surface area contributed by atoms with E-state index in [0.29, 0.717) is 6.04 Å². The van der Waals surface area contributed by atoms with Crippen molar-refractivity contribution in [3.63, 3.8) is 0 Å². The first-order valence-corrected chi connectivity index (χ1v) is 8.63. The highest BCUT2D eigenvalue weighted by Crippen LogP contribution is 2.37. The van der Waals surface area contributed by atoms with E-state index in [1.165, 1.54) is 37.7 Å². The Balaban J connectivity index is 2.09. The molecule has 2 nitrogen and oxygen atoms in total. The predicted octanol–water partition coefficient (Wildman–Crippen LogP) is 4.57. The quantitative estimate of drug-likeness (QED) is 0.794. The second kappa shape index (κ2) is 8.55. The molecule has 0 amide bonds. The van der Waals surface area contributed by atoms with E-state index in [1.807, 2.05) is 0 Å². The Kier molecular flexibility index (Phi) is 6.72. The van der Waals surface area contributed by atoms with Crippen molar-refractivity contribution in [2.24, 2.45) is 11.8 Å². The zero-order chi connectivity index (χ0) is 15.1. The summed E-state index contributed by atoms with van der Waals surface area (Å²) >= 11 is 0. The fourth-order valence-corrected chi connectivity index (χ4v) is 3.82. The molecule has 1 saturated carbocycles. The number of hydrogen-bond acceptors (Lipinski definition) is 2. The van der Waals surface area contributed by atoms with Crippen LogP contribution in [0.15, 0.2) is 30.3 Å². The van der Waals surface area contributed by atoms with Gasteiger partial charge in [0, 0.05) is 12.6 Å². The fraction of sp³-hybridized carbons (Fsp3) is 0.684. The molecule has 1 aliphatic carbocycles. The topological polar surface area (TPSA) is 21.3 Å². The highest BCUT2D eigenvalue weighted by atomic mass is 16.5. The van der Waals surface area contributed by atoms with Gasteiger partial charge >= 0.3 is 0 Å². The van der Waals surface area contributed by atoms with Gasteiger partial charge in [-0.1, -0.05) is 56.5 Å². The van der Waals surface area contributed by atoms with E-state index in [9.17, 15) is 0 Å². The normalized spacial score (nSPS) is 25.5. The molecule has 2 atom stereocenters. The molecule has 0 aliphatic heterocycles. The first kappa shape index (κ1) is 16.5. The van der Waals surface area contributed by atoms with Gasteiger partial charge in [-0.25, -0.2) is 0 Å². The van der Waals surface area contributed by atoms with Crippen molar-refractivity contribution in [2.45, 2.75) is 58.1 Å². The van der Waals surface area contributed by atoms with Gasteiger partial charge in [0.25, 0.3) is 0 Å². The van der Waals surface area contributed by atoms with Crippen molar-refractivity contribution in [3.05, 3.63) is 35.9 Å². The van der Waals surface area contributed by atoms with E-state index in [-0.39, 0.29) is 6.10 Å². The summed E-state index contributed by atoms with van der Waals surface area (Å²) in [7, 11) is 2.09. The Morgan fingerprint density at radius 3 is 2.29 bits per heavy atom. The summed E-state index contributed by atoms with van der Waals surface area (Å²) in [6.45, 7) is 5.19. The van der Waals surface area contributed by atoms with Gasteiger partial charge in [0.1, 0.15) is 0 Å². The molecule has 1 aliphatic rings. The Bertz CT molecular complexity index is 384. The highest BCUT2D eigenvalue weighted by molar-refractivity contribution is 5.19. The molecule has 118 valence electrons. The largest absolute Gasteiger partial charge is 0.372 e. The van der Waals surface area contributed by atoms with Gasteiger partial charge in [0.15, 0.2) is 0 Å². The SMILES string of the molecule is CCOC(c1ccccc1)C(NC)C1CCC(CC)CC1. The van der Waals surface area contributed by atoms with Gasteiger partial charge in [-0.05, 0) is 44.2 Å². The van der Waals surface area contributed by atoms with Crippen LogP contribution in [-0.4, -0.2) is 19.7 Å². The Morgan fingerprint density at radius 2 is 1.76 bits per heavy atom. The fourth-order valence-electron chi connectivity index (χ4n) is 3.82. The molecular weight excluding hydrogens is 258 g/mol. The molecule has 0 heterocycles. The first-order chi connectivity index (χ1) is 10.3. The molecule has 21 heavy (non-hydrogen) atoms. The molecule has 1 N–H and O–H groups in total. The van der Waals surface area contributed by atoms with Crippen LogP contribution in [0.25, 0.3) is 0 Å². The van der Waals surface area contributed by atoms with Crippen LogP contribution in [0.1, 0.15) is 57.6 Å². The maximum absolute atomic E-state index is 6.12. The lowest BCUT2D eigenvalue weighted by Gasteiger charge is -2.37. The second-order valence-corrected chi connectivity index (χ2v) is 6.29. The number of rotatable bonds is 7. The average Bonchev–Trinajstić information content (AvgIpc) is 2.56. The molecule has 2 rings (SSSR count). The average molecular weight is 289 g/mol. The summed E-state index contributed by atoms with van der Waals surface area (Å²) in [4.78, 5) is 0. The molecule has 1 aromatic rings. The summed E-state index contributed by atoms with van der Waals surface area (Å²) < 4.78 is 6.12. The van der Waals surface area contributed by atoms with Crippen molar-refractivity contribution in [3.8, 4) is 0 Å². The second-order valence-electron chi connectivity index (χ2n) is 6.29. The standard InChI is InChI=1S/C19H31NO/c1-4-15-11-13-16(14-12-15)18(20-3)19(21-5-2)17-9-7-6-8-10-17/h6-10,15-16,18-20H,4-5,11-14H2,1-3H3. The monoisotopic (exact) mass is 289 g/mol. The van der Waals surface area contributed by atoms with Crippen LogP contribution >= 0.6 is 0 Å². The van der Waals surface area contributed by atoms with Gasteiger partial charge in [-0.3, -0.25) is 0 Å². The predicted molar refractivity (Wildman–Crippen MR) is 89.4 cm³/mol. The van der Waals surface area contributed by atoms with E-state index < -0.39 is 0 Å². The van der Waals surface area contributed by atoms with Crippen molar-refractivity contribution >= 4 is 0 Å². The number of hydrogen-bond donors (Lipinski definition) is 1. The lowest BCUT2D eigenvalue weighted by atomic mass is 9.75. The molecule has 0 radical (unpaired) electrons. The minimum atomic E-state index is 0.171. The summed E-state index contributed by atoms with van der Waals surface area (Å²) in [6.07, 6.45) is 6.94. The van der Waals surface area contributed by atoms with Gasteiger partial charge in [0.05, 0.1) is 6.10 Å². The van der Waals surface area contributed by atoms with E-state index in [4.69, 9.17) is 4.74 Å². The molecule has 1 fully saturated rings. The summed E-state index contributed by atoms with van der Waals surface area (Å²) in [6, 6.07) is 11.1. The van der Waals surface area contributed by atoms with Crippen molar-refractivity contribution < 1.29 is 4.74 Å². The summed E-state index contributed by atoms with van der Waals surface area (Å²) in [5.41, 5.74) is 1.30. The molecule has 0 saturated heterocycles. The van der Waals surface area contributed by atoms with Crippen LogP contribution in [0.4, 0.5) is 0 Å². The molecule has 0 aromatic heterocycles. The smallest absolute Gasteiger partial charge is 0.0980 e. The zero-order valence-corrected chi connectivity index (χ0v) is 13.8. The van der Waals surface area contributed by atoms with Crippen LogP contribution in [0.5, 0.6) is 0 Å². The highest BCUT2D eigenvalue weighted by Gasteiger charge is 2.32. The van der Waals surface area contributed by atoms with Gasteiger partial charge in [-0.15, -0.1) is 0 Å².